The van der Waals surface area contributed by atoms with Gasteiger partial charge in [-0.25, -0.2) is 0 Å². The van der Waals surface area contributed by atoms with Gasteiger partial charge in [-0.15, -0.1) is 0 Å². The number of methoxy groups -OCH3 is 1. The Morgan fingerprint density at radius 3 is 2.69 bits per heavy atom. The fraction of sp³-hybridized carbons (Fsp3) is 0.417. The minimum atomic E-state index is 0.280. The van der Waals surface area contributed by atoms with E-state index in [0.29, 0.717) is 0 Å². The van der Waals surface area contributed by atoms with Gasteiger partial charge in [-0.3, -0.25) is 0 Å². The molecule has 1 aliphatic rings. The predicted molar refractivity (Wildman–Crippen MR) is 72.5 cm³/mol. The molecule has 0 saturated heterocycles. The van der Waals surface area contributed by atoms with E-state index in [1.165, 1.54) is 0 Å². The molecular weight excluding hydrogens is 317 g/mol. The highest BCUT2D eigenvalue weighted by Crippen LogP contribution is 2.19. The Morgan fingerprint density at radius 1 is 1.44 bits per heavy atom. The Hall–Kier alpha value is -0.780. The van der Waals surface area contributed by atoms with Crippen molar-refractivity contribution in [1.82, 2.24) is 0 Å². The molecule has 1 atom stereocenters. The third-order valence-corrected chi connectivity index (χ3v) is 3.59. The maximum absolute atomic E-state index is 5.40. The molecule has 3 nitrogen and oxygen atoms in total. The first-order valence-corrected chi connectivity index (χ1v) is 6.79. The molecule has 1 aromatic rings. The van der Waals surface area contributed by atoms with E-state index in [2.05, 4.69) is 27.7 Å². The first-order valence-electron chi connectivity index (χ1n) is 5.26. The van der Waals surface area contributed by atoms with Crippen LogP contribution < -0.4 is 4.74 Å². The van der Waals surface area contributed by atoms with E-state index in [1.807, 2.05) is 24.3 Å². The molecular formula is C12H14INO2. The normalized spacial score (nSPS) is 19.9. The summed E-state index contributed by atoms with van der Waals surface area (Å²) in [6, 6.07) is 7.93. The standard InChI is InChI=1S/C12H14INO2/c1-15-10-4-2-9(3-5-10)12-7-6-11(8-13)16-14-12/h2-5,11H,6-8H2,1H3. The lowest BCUT2D eigenvalue weighted by Gasteiger charge is -2.19. The lowest BCUT2D eigenvalue weighted by atomic mass is 10.0. The van der Waals surface area contributed by atoms with Crippen molar-refractivity contribution in [2.75, 3.05) is 11.5 Å². The number of oxime groups is 1. The second kappa shape index (κ2) is 5.52. The molecule has 1 aromatic carbocycles. The van der Waals surface area contributed by atoms with E-state index >= 15 is 0 Å². The lowest BCUT2D eigenvalue weighted by molar-refractivity contribution is 0.0626. The van der Waals surface area contributed by atoms with Gasteiger partial charge in [0.25, 0.3) is 0 Å². The van der Waals surface area contributed by atoms with Crippen molar-refractivity contribution >= 4 is 28.3 Å². The molecule has 0 saturated carbocycles. The highest BCUT2D eigenvalue weighted by Gasteiger charge is 2.17. The highest BCUT2D eigenvalue weighted by atomic mass is 127. The van der Waals surface area contributed by atoms with Gasteiger partial charge in [-0.05, 0) is 42.7 Å². The van der Waals surface area contributed by atoms with Crippen LogP contribution in [-0.2, 0) is 4.84 Å². The minimum Gasteiger partial charge on any atom is -0.497 e. The van der Waals surface area contributed by atoms with Crippen molar-refractivity contribution in [3.05, 3.63) is 29.8 Å². The maximum atomic E-state index is 5.40. The zero-order chi connectivity index (χ0) is 11.4. The zero-order valence-corrected chi connectivity index (χ0v) is 11.3. The molecule has 1 aliphatic heterocycles. The van der Waals surface area contributed by atoms with Gasteiger partial charge in [0.1, 0.15) is 11.9 Å². The Bertz CT molecular complexity index is 375. The average molecular weight is 331 g/mol. The Balaban J connectivity index is 2.10. The molecule has 0 aromatic heterocycles. The minimum absolute atomic E-state index is 0.280. The van der Waals surface area contributed by atoms with Crippen molar-refractivity contribution in [3.63, 3.8) is 0 Å². The van der Waals surface area contributed by atoms with Crippen LogP contribution in [0.2, 0.25) is 0 Å². The summed E-state index contributed by atoms with van der Waals surface area (Å²) >= 11 is 2.33. The summed E-state index contributed by atoms with van der Waals surface area (Å²) in [6.45, 7) is 0. The molecule has 16 heavy (non-hydrogen) atoms. The fourth-order valence-electron chi connectivity index (χ4n) is 1.62. The van der Waals surface area contributed by atoms with E-state index in [4.69, 9.17) is 9.57 Å². The average Bonchev–Trinajstić information content (AvgIpc) is 2.39. The third-order valence-electron chi connectivity index (χ3n) is 2.61. The van der Waals surface area contributed by atoms with Crippen LogP contribution in [-0.4, -0.2) is 23.4 Å². The second-order valence-corrected chi connectivity index (χ2v) is 4.57. The molecule has 0 N–H and O–H groups in total. The number of hydrogen-bond acceptors (Lipinski definition) is 3. The van der Waals surface area contributed by atoms with E-state index in [1.54, 1.807) is 7.11 Å². The van der Waals surface area contributed by atoms with Gasteiger partial charge in [-0.1, -0.05) is 27.7 Å². The molecule has 4 heteroatoms. The van der Waals surface area contributed by atoms with Crippen LogP contribution >= 0.6 is 22.6 Å². The summed E-state index contributed by atoms with van der Waals surface area (Å²) < 4.78 is 6.12. The molecule has 0 fully saturated rings. The second-order valence-electron chi connectivity index (χ2n) is 3.69. The molecule has 0 amide bonds. The number of hydrogen-bond donors (Lipinski definition) is 0. The number of nitrogens with zero attached hydrogens (tertiary/aromatic N) is 1. The van der Waals surface area contributed by atoms with Gasteiger partial charge < -0.3 is 9.57 Å². The maximum Gasteiger partial charge on any atom is 0.136 e. The van der Waals surface area contributed by atoms with Crippen LogP contribution in [0.4, 0.5) is 0 Å². The number of benzene rings is 1. The molecule has 1 heterocycles. The molecule has 1 unspecified atom stereocenters. The van der Waals surface area contributed by atoms with Crippen LogP contribution in [0.5, 0.6) is 5.75 Å². The van der Waals surface area contributed by atoms with E-state index in [-0.39, 0.29) is 6.10 Å². The summed E-state index contributed by atoms with van der Waals surface area (Å²) in [5.74, 6) is 0.867. The van der Waals surface area contributed by atoms with Gasteiger partial charge in [0.2, 0.25) is 0 Å². The topological polar surface area (TPSA) is 30.8 Å². The first kappa shape index (κ1) is 11.7. The Labute approximate surface area is 109 Å². The zero-order valence-electron chi connectivity index (χ0n) is 9.15. The summed E-state index contributed by atoms with van der Waals surface area (Å²) in [7, 11) is 1.67. The number of alkyl halides is 1. The largest absolute Gasteiger partial charge is 0.497 e. The summed E-state index contributed by atoms with van der Waals surface area (Å²) in [6.07, 6.45) is 2.32. The number of halogens is 1. The van der Waals surface area contributed by atoms with Gasteiger partial charge in [0, 0.05) is 4.43 Å². The van der Waals surface area contributed by atoms with E-state index in [0.717, 1.165) is 34.3 Å². The van der Waals surface area contributed by atoms with Gasteiger partial charge in [0.05, 0.1) is 12.8 Å². The lowest BCUT2D eigenvalue weighted by Crippen LogP contribution is -2.20. The van der Waals surface area contributed by atoms with Crippen molar-refractivity contribution < 1.29 is 9.57 Å². The molecule has 86 valence electrons. The third kappa shape index (κ3) is 2.66. The van der Waals surface area contributed by atoms with Crippen molar-refractivity contribution in [1.29, 1.82) is 0 Å². The Kier molecular flexibility index (Phi) is 4.04. The smallest absolute Gasteiger partial charge is 0.136 e. The monoisotopic (exact) mass is 331 g/mol. The highest BCUT2D eigenvalue weighted by molar-refractivity contribution is 14.1. The molecule has 0 spiro atoms. The quantitative estimate of drug-likeness (QED) is 0.630. The van der Waals surface area contributed by atoms with E-state index in [9.17, 15) is 0 Å². The molecule has 2 rings (SSSR count). The molecule has 0 radical (unpaired) electrons. The fourth-order valence-corrected chi connectivity index (χ4v) is 2.22. The van der Waals surface area contributed by atoms with E-state index < -0.39 is 0 Å². The first-order chi connectivity index (χ1) is 7.83. The van der Waals surface area contributed by atoms with Crippen LogP contribution in [0.25, 0.3) is 0 Å². The Morgan fingerprint density at radius 2 is 2.19 bits per heavy atom. The summed E-state index contributed by atoms with van der Waals surface area (Å²) in [5, 5.41) is 4.18. The predicted octanol–water partition coefficient (Wildman–Crippen LogP) is 3.01. The summed E-state index contributed by atoms with van der Waals surface area (Å²) in [4.78, 5) is 5.40. The van der Waals surface area contributed by atoms with Gasteiger partial charge >= 0.3 is 0 Å². The molecule has 0 aliphatic carbocycles. The van der Waals surface area contributed by atoms with Crippen LogP contribution in [0.1, 0.15) is 18.4 Å². The van der Waals surface area contributed by atoms with Crippen LogP contribution in [0, 0.1) is 0 Å². The van der Waals surface area contributed by atoms with Crippen molar-refractivity contribution in [3.8, 4) is 5.75 Å². The number of rotatable bonds is 3. The van der Waals surface area contributed by atoms with Gasteiger partial charge in [-0.2, -0.15) is 0 Å². The van der Waals surface area contributed by atoms with Crippen LogP contribution in [0.3, 0.4) is 0 Å². The van der Waals surface area contributed by atoms with Gasteiger partial charge in [0.15, 0.2) is 0 Å². The number of ether oxygens (including phenoxy) is 1. The molecule has 0 bridgehead atoms. The van der Waals surface area contributed by atoms with Crippen LogP contribution in [0.15, 0.2) is 29.4 Å². The summed E-state index contributed by atoms with van der Waals surface area (Å²) in [5.41, 5.74) is 2.15. The SMILES string of the molecule is COc1ccc(C2=NOC(CI)CC2)cc1. The van der Waals surface area contributed by atoms with Crippen molar-refractivity contribution in [2.24, 2.45) is 5.16 Å². The van der Waals surface area contributed by atoms with Crippen molar-refractivity contribution in [2.45, 2.75) is 18.9 Å².